The van der Waals surface area contributed by atoms with E-state index in [2.05, 4.69) is 33.8 Å². The fourth-order valence-electron chi connectivity index (χ4n) is 2.51. The number of fused-ring (bicyclic) bond motifs is 1. The molecule has 1 aromatic rings. The number of carbonyl (C=O) groups is 1. The minimum Gasteiger partial charge on any atom is -0.475 e. The average molecular weight is 329 g/mol. The van der Waals surface area contributed by atoms with Gasteiger partial charge in [-0.15, -0.1) is 0 Å². The van der Waals surface area contributed by atoms with E-state index in [1.54, 1.807) is 0 Å². The van der Waals surface area contributed by atoms with Crippen LogP contribution in [0.15, 0.2) is 23.2 Å². The largest absolute Gasteiger partial charge is 0.490 e. The Kier molecular flexibility index (Phi) is 5.46. The summed E-state index contributed by atoms with van der Waals surface area (Å²) in [6.45, 7) is 1.84. The number of benzene rings is 1. The maximum atomic E-state index is 10.6. The normalized spacial score (nSPS) is 16.4. The second-order valence-electron chi connectivity index (χ2n) is 5.24. The number of nitrogens with one attached hydrogen (secondary N) is 2. The number of aryl methyl sites for hydroxylation is 1. The zero-order chi connectivity index (χ0) is 16.9. The molecule has 3 N–H and O–H groups in total. The van der Waals surface area contributed by atoms with Gasteiger partial charge in [-0.05, 0) is 42.9 Å². The third-order valence-corrected chi connectivity index (χ3v) is 3.57. The van der Waals surface area contributed by atoms with E-state index in [1.165, 1.54) is 42.5 Å². The quantitative estimate of drug-likeness (QED) is 0.740. The van der Waals surface area contributed by atoms with Crippen molar-refractivity contribution in [1.29, 1.82) is 0 Å². The predicted octanol–water partition coefficient (Wildman–Crippen LogP) is 2.57. The summed E-state index contributed by atoms with van der Waals surface area (Å²) in [6, 6.07) is 6.55. The van der Waals surface area contributed by atoms with Crippen LogP contribution in [-0.2, 0) is 17.6 Å². The van der Waals surface area contributed by atoms with E-state index in [0.29, 0.717) is 0 Å². The van der Waals surface area contributed by atoms with Gasteiger partial charge in [-0.25, -0.2) is 4.79 Å². The van der Waals surface area contributed by atoms with Crippen molar-refractivity contribution in [3.05, 3.63) is 29.3 Å². The van der Waals surface area contributed by atoms with Crippen LogP contribution in [0.5, 0.6) is 0 Å². The molecule has 0 amide bonds. The Labute approximate surface area is 131 Å². The molecule has 2 aliphatic rings. The average Bonchev–Trinajstić information content (AvgIpc) is 3.00. The van der Waals surface area contributed by atoms with E-state index in [9.17, 15) is 13.2 Å². The van der Waals surface area contributed by atoms with E-state index in [4.69, 9.17) is 9.90 Å². The Morgan fingerprint density at radius 3 is 2.57 bits per heavy atom. The first-order valence-corrected chi connectivity index (χ1v) is 7.34. The summed E-state index contributed by atoms with van der Waals surface area (Å²) in [5.74, 6) is -1.83. The minimum absolute atomic E-state index is 0.886. The molecule has 0 fully saturated rings. The molecule has 0 atom stereocenters. The smallest absolute Gasteiger partial charge is 0.475 e. The van der Waals surface area contributed by atoms with Gasteiger partial charge in [0.2, 0.25) is 0 Å². The lowest BCUT2D eigenvalue weighted by Crippen LogP contribution is -2.27. The number of halogens is 3. The molecule has 23 heavy (non-hydrogen) atoms. The van der Waals surface area contributed by atoms with Crippen molar-refractivity contribution in [2.75, 3.05) is 18.4 Å². The van der Waals surface area contributed by atoms with Crippen molar-refractivity contribution < 1.29 is 23.1 Å². The van der Waals surface area contributed by atoms with Gasteiger partial charge in [-0.1, -0.05) is 12.1 Å². The molecule has 1 aliphatic carbocycles. The summed E-state index contributed by atoms with van der Waals surface area (Å²) in [4.78, 5) is 13.3. The van der Waals surface area contributed by atoms with Gasteiger partial charge in [0.1, 0.15) is 0 Å². The van der Waals surface area contributed by atoms with Crippen LogP contribution in [0.2, 0.25) is 0 Å². The highest BCUT2D eigenvalue weighted by Gasteiger charge is 2.38. The summed E-state index contributed by atoms with van der Waals surface area (Å²) in [6.07, 6.45) is -0.0161. The van der Waals surface area contributed by atoms with Crippen LogP contribution >= 0.6 is 0 Å². The zero-order valence-corrected chi connectivity index (χ0v) is 12.4. The van der Waals surface area contributed by atoms with E-state index in [1.807, 2.05) is 0 Å². The zero-order valence-electron chi connectivity index (χ0n) is 12.4. The van der Waals surface area contributed by atoms with Crippen molar-refractivity contribution in [1.82, 2.24) is 5.32 Å². The molecule has 1 aromatic carbocycles. The van der Waals surface area contributed by atoms with Gasteiger partial charge in [-0.2, -0.15) is 13.2 Å². The molecule has 3 rings (SSSR count). The van der Waals surface area contributed by atoms with Gasteiger partial charge in [-0.3, -0.25) is 4.99 Å². The Morgan fingerprint density at radius 2 is 1.96 bits per heavy atom. The molecule has 0 spiro atoms. The molecule has 0 unspecified atom stereocenters. The van der Waals surface area contributed by atoms with Crippen LogP contribution in [0.3, 0.4) is 0 Å². The van der Waals surface area contributed by atoms with Crippen molar-refractivity contribution in [3.8, 4) is 0 Å². The van der Waals surface area contributed by atoms with Crippen molar-refractivity contribution in [3.63, 3.8) is 0 Å². The first-order valence-electron chi connectivity index (χ1n) is 7.34. The molecule has 0 bridgehead atoms. The summed E-state index contributed by atoms with van der Waals surface area (Å²) in [7, 11) is 0. The van der Waals surface area contributed by atoms with Crippen LogP contribution < -0.4 is 10.6 Å². The molecule has 1 heterocycles. The van der Waals surface area contributed by atoms with Gasteiger partial charge in [0.15, 0.2) is 5.96 Å². The number of rotatable bonds is 1. The van der Waals surface area contributed by atoms with Crippen molar-refractivity contribution in [2.45, 2.75) is 31.9 Å². The van der Waals surface area contributed by atoms with Gasteiger partial charge in [0, 0.05) is 12.2 Å². The number of hydrogen-bond acceptors (Lipinski definition) is 4. The van der Waals surface area contributed by atoms with E-state index in [-0.39, 0.29) is 0 Å². The summed E-state index contributed by atoms with van der Waals surface area (Å²) < 4.78 is 31.7. The van der Waals surface area contributed by atoms with Gasteiger partial charge >= 0.3 is 12.1 Å². The van der Waals surface area contributed by atoms with Crippen molar-refractivity contribution in [2.24, 2.45) is 4.99 Å². The molecule has 1 aliphatic heterocycles. The first-order chi connectivity index (χ1) is 10.9. The number of nitrogens with zero attached hydrogens (tertiary/aromatic N) is 1. The molecule has 0 saturated carbocycles. The summed E-state index contributed by atoms with van der Waals surface area (Å²) in [5.41, 5.74) is 4.24. The molecule has 0 radical (unpaired) electrons. The lowest BCUT2D eigenvalue weighted by atomic mass is 9.90. The van der Waals surface area contributed by atoms with E-state index in [0.717, 1.165) is 19.0 Å². The lowest BCUT2D eigenvalue weighted by molar-refractivity contribution is -0.192. The van der Waals surface area contributed by atoms with Gasteiger partial charge < -0.3 is 15.7 Å². The topological polar surface area (TPSA) is 73.7 Å². The Bertz CT molecular complexity index is 600. The van der Waals surface area contributed by atoms with Crippen LogP contribution in [0.1, 0.15) is 24.0 Å². The predicted molar refractivity (Wildman–Crippen MR) is 80.7 cm³/mol. The molecule has 0 saturated heterocycles. The number of carboxylic acid groups (broad SMARTS) is 1. The highest BCUT2D eigenvalue weighted by Crippen LogP contribution is 2.27. The highest BCUT2D eigenvalue weighted by molar-refractivity contribution is 5.95. The SMILES string of the molecule is O=C(O)C(F)(F)F.c1cc2c(c(NC3=NCCN3)c1)CCCC2. The maximum absolute atomic E-state index is 10.6. The summed E-state index contributed by atoms with van der Waals surface area (Å²) >= 11 is 0. The number of hydrogen-bond donors (Lipinski definition) is 3. The number of aliphatic carboxylic acids is 1. The molecule has 8 heteroatoms. The summed E-state index contributed by atoms with van der Waals surface area (Å²) in [5, 5.41) is 13.8. The number of carboxylic acids is 1. The van der Waals surface area contributed by atoms with E-state index < -0.39 is 12.1 Å². The van der Waals surface area contributed by atoms with Crippen LogP contribution in [0.4, 0.5) is 18.9 Å². The second-order valence-corrected chi connectivity index (χ2v) is 5.24. The molecular weight excluding hydrogens is 311 g/mol. The highest BCUT2D eigenvalue weighted by atomic mass is 19.4. The van der Waals surface area contributed by atoms with E-state index >= 15 is 0 Å². The number of aliphatic imine (C=N–C) groups is 1. The molecule has 5 nitrogen and oxygen atoms in total. The lowest BCUT2D eigenvalue weighted by Gasteiger charge is -2.20. The Balaban J connectivity index is 0.000000236. The van der Waals surface area contributed by atoms with Crippen LogP contribution in [0.25, 0.3) is 0 Å². The number of guanidine groups is 1. The number of anilines is 1. The molecular formula is C15H18F3N3O2. The maximum Gasteiger partial charge on any atom is 0.490 e. The first kappa shape index (κ1) is 17.1. The standard InChI is InChI=1S/C13H17N3.C2HF3O2/c1-2-6-11-10(4-1)5-3-7-12(11)16-13-14-8-9-15-13;3-2(4,5)1(6)7/h3,5,7H,1-2,4,6,8-9H2,(H2,14,15,16);(H,6,7). The minimum atomic E-state index is -5.08. The third kappa shape index (κ3) is 4.87. The fourth-order valence-corrected chi connectivity index (χ4v) is 2.51. The fraction of sp³-hybridized carbons (Fsp3) is 0.467. The van der Waals surface area contributed by atoms with Crippen LogP contribution in [-0.4, -0.2) is 36.3 Å². The Morgan fingerprint density at radius 1 is 1.26 bits per heavy atom. The second kappa shape index (κ2) is 7.34. The van der Waals surface area contributed by atoms with Gasteiger partial charge in [0.25, 0.3) is 0 Å². The van der Waals surface area contributed by atoms with Gasteiger partial charge in [0.05, 0.1) is 6.54 Å². The monoisotopic (exact) mass is 329 g/mol. The van der Waals surface area contributed by atoms with Crippen LogP contribution in [0, 0.1) is 0 Å². The molecule has 0 aromatic heterocycles. The van der Waals surface area contributed by atoms with Crippen molar-refractivity contribution >= 4 is 17.6 Å². The number of alkyl halides is 3. The molecule has 126 valence electrons. The Hall–Kier alpha value is -2.25. The third-order valence-electron chi connectivity index (χ3n) is 3.57.